The van der Waals surface area contributed by atoms with E-state index in [2.05, 4.69) is 10.1 Å². The lowest BCUT2D eigenvalue weighted by Gasteiger charge is -2.03. The van der Waals surface area contributed by atoms with Crippen LogP contribution in [0.5, 0.6) is 0 Å². The average Bonchev–Trinajstić information content (AvgIpc) is 2.85. The van der Waals surface area contributed by atoms with Gasteiger partial charge in [-0.2, -0.15) is 0 Å². The molecule has 0 aromatic carbocycles. The molecular weight excluding hydrogens is 256 g/mol. The smallest absolute Gasteiger partial charge is 0.250 e. The summed E-state index contributed by atoms with van der Waals surface area (Å²) in [6.45, 7) is 0. The van der Waals surface area contributed by atoms with Crippen LogP contribution in [-0.2, 0) is 7.05 Å². The topological polar surface area (TPSA) is 86.9 Å². The summed E-state index contributed by atoms with van der Waals surface area (Å²) in [5.41, 5.74) is 8.45. The van der Waals surface area contributed by atoms with E-state index in [9.17, 15) is 4.79 Å². The Labute approximate surface area is 114 Å². The van der Waals surface area contributed by atoms with Gasteiger partial charge in [0.2, 0.25) is 5.88 Å². The zero-order valence-corrected chi connectivity index (χ0v) is 10.8. The summed E-state index contributed by atoms with van der Waals surface area (Å²) in [5, 5.41) is 3.96. The molecule has 2 N–H and O–H groups in total. The molecule has 0 unspecified atom stereocenters. The summed E-state index contributed by atoms with van der Waals surface area (Å²) in [7, 11) is 1.69. The number of nitrogens with two attached hydrogens (primary N) is 1. The first-order valence-electron chi connectivity index (χ1n) is 5.99. The first-order chi connectivity index (χ1) is 9.66. The van der Waals surface area contributed by atoms with Gasteiger partial charge >= 0.3 is 0 Å². The lowest BCUT2D eigenvalue weighted by atomic mass is 10.0. The number of hydrogen-bond donors (Lipinski definition) is 1. The van der Waals surface area contributed by atoms with E-state index in [1.165, 1.54) is 10.6 Å². The largest absolute Gasteiger partial charge is 0.367 e. The highest BCUT2D eigenvalue weighted by atomic mass is 16.5. The van der Waals surface area contributed by atoms with Gasteiger partial charge in [0, 0.05) is 37.3 Å². The summed E-state index contributed by atoms with van der Waals surface area (Å²) in [6.07, 6.45) is 5.00. The van der Waals surface area contributed by atoms with Gasteiger partial charge in [-0.1, -0.05) is 5.16 Å². The predicted octanol–water partition coefficient (Wildman–Crippen LogP) is 1.68. The van der Waals surface area contributed by atoms with E-state index in [-0.39, 0.29) is 11.4 Å². The molecule has 3 aromatic heterocycles. The fraction of sp³-hybridized carbons (Fsp3) is 0.0714. The number of hydrogen-bond acceptors (Lipinski definition) is 5. The second-order valence-corrected chi connectivity index (χ2v) is 4.37. The molecule has 100 valence electrons. The molecule has 0 aliphatic heterocycles. The van der Waals surface area contributed by atoms with E-state index in [0.29, 0.717) is 16.8 Å². The van der Waals surface area contributed by atoms with Crippen molar-refractivity contribution in [3.05, 3.63) is 53.2 Å². The minimum atomic E-state index is -0.121. The van der Waals surface area contributed by atoms with Crippen LogP contribution in [0.2, 0.25) is 0 Å². The third kappa shape index (κ3) is 1.97. The molecule has 6 nitrogen and oxygen atoms in total. The van der Waals surface area contributed by atoms with Crippen molar-refractivity contribution in [2.24, 2.45) is 7.05 Å². The number of rotatable bonds is 2. The van der Waals surface area contributed by atoms with Gasteiger partial charge in [-0.15, -0.1) is 0 Å². The van der Waals surface area contributed by atoms with Gasteiger partial charge in [-0.05, 0) is 23.8 Å². The molecule has 0 atom stereocenters. The van der Waals surface area contributed by atoms with Crippen LogP contribution < -0.4 is 11.3 Å². The van der Waals surface area contributed by atoms with E-state index in [1.54, 1.807) is 31.7 Å². The molecule has 0 aliphatic rings. The van der Waals surface area contributed by atoms with Crippen molar-refractivity contribution in [3.63, 3.8) is 0 Å². The first-order valence-corrected chi connectivity index (χ1v) is 5.99. The third-order valence-electron chi connectivity index (χ3n) is 3.07. The zero-order chi connectivity index (χ0) is 14.1. The Morgan fingerprint density at radius 3 is 2.65 bits per heavy atom. The van der Waals surface area contributed by atoms with Crippen molar-refractivity contribution in [2.45, 2.75) is 0 Å². The minimum absolute atomic E-state index is 0.121. The van der Waals surface area contributed by atoms with Crippen LogP contribution in [0.3, 0.4) is 0 Å². The molecule has 0 saturated heterocycles. The monoisotopic (exact) mass is 268 g/mol. The van der Waals surface area contributed by atoms with E-state index in [0.717, 1.165) is 5.56 Å². The number of nitrogen functional groups attached to an aromatic ring is 1. The van der Waals surface area contributed by atoms with E-state index in [1.807, 2.05) is 12.1 Å². The Bertz CT molecular complexity index is 806. The highest BCUT2D eigenvalue weighted by molar-refractivity contribution is 5.86. The first kappa shape index (κ1) is 12.2. The number of anilines is 1. The molecule has 0 aliphatic carbocycles. The van der Waals surface area contributed by atoms with Crippen molar-refractivity contribution in [3.8, 4) is 22.4 Å². The fourth-order valence-electron chi connectivity index (χ4n) is 1.99. The van der Waals surface area contributed by atoms with Crippen molar-refractivity contribution < 1.29 is 4.52 Å². The second kappa shape index (κ2) is 4.65. The van der Waals surface area contributed by atoms with E-state index in [4.69, 9.17) is 10.3 Å². The van der Waals surface area contributed by atoms with Gasteiger partial charge in [0.1, 0.15) is 5.69 Å². The van der Waals surface area contributed by atoms with Gasteiger partial charge in [0.05, 0.1) is 5.56 Å². The Kier molecular flexibility index (Phi) is 2.83. The van der Waals surface area contributed by atoms with Crippen molar-refractivity contribution in [1.29, 1.82) is 0 Å². The molecule has 20 heavy (non-hydrogen) atoms. The van der Waals surface area contributed by atoms with Crippen LogP contribution in [0.1, 0.15) is 0 Å². The number of pyridine rings is 2. The second-order valence-electron chi connectivity index (χ2n) is 4.37. The zero-order valence-electron chi connectivity index (χ0n) is 10.8. The summed E-state index contributed by atoms with van der Waals surface area (Å²) in [6, 6.07) is 6.92. The molecular formula is C14H12N4O2. The summed E-state index contributed by atoms with van der Waals surface area (Å²) >= 11 is 0. The highest BCUT2D eigenvalue weighted by Gasteiger charge is 2.17. The van der Waals surface area contributed by atoms with Crippen LogP contribution >= 0.6 is 0 Å². The van der Waals surface area contributed by atoms with Crippen LogP contribution in [0, 0.1) is 0 Å². The number of nitrogens with zero attached hydrogens (tertiary/aromatic N) is 3. The van der Waals surface area contributed by atoms with E-state index < -0.39 is 0 Å². The number of aryl methyl sites for hydroxylation is 1. The quantitative estimate of drug-likeness (QED) is 0.764. The Morgan fingerprint density at radius 2 is 1.95 bits per heavy atom. The molecule has 0 amide bonds. The molecule has 3 rings (SSSR count). The van der Waals surface area contributed by atoms with Gasteiger partial charge in [0.15, 0.2) is 0 Å². The van der Waals surface area contributed by atoms with Gasteiger partial charge in [-0.25, -0.2) is 0 Å². The molecule has 0 spiro atoms. The average molecular weight is 268 g/mol. The summed E-state index contributed by atoms with van der Waals surface area (Å²) < 4.78 is 6.56. The summed E-state index contributed by atoms with van der Waals surface area (Å²) in [5.74, 6) is 0.215. The van der Waals surface area contributed by atoms with Crippen LogP contribution in [-0.4, -0.2) is 14.7 Å². The molecule has 0 fully saturated rings. The predicted molar refractivity (Wildman–Crippen MR) is 74.8 cm³/mol. The van der Waals surface area contributed by atoms with Gasteiger partial charge < -0.3 is 14.8 Å². The normalized spacial score (nSPS) is 10.7. The Balaban J connectivity index is 2.21. The molecule has 0 radical (unpaired) electrons. The highest BCUT2D eigenvalue weighted by Crippen LogP contribution is 2.35. The van der Waals surface area contributed by atoms with Crippen molar-refractivity contribution in [2.75, 3.05) is 5.73 Å². The van der Waals surface area contributed by atoms with Gasteiger partial charge in [-0.3, -0.25) is 9.78 Å². The Morgan fingerprint density at radius 1 is 1.20 bits per heavy atom. The molecule has 0 bridgehead atoms. The third-order valence-corrected chi connectivity index (χ3v) is 3.07. The maximum atomic E-state index is 11.7. The number of aromatic nitrogens is 3. The lowest BCUT2D eigenvalue weighted by molar-refractivity contribution is 0.439. The maximum absolute atomic E-state index is 11.7. The molecule has 0 saturated carbocycles. The Hall–Kier alpha value is -2.89. The van der Waals surface area contributed by atoms with Crippen molar-refractivity contribution in [1.82, 2.24) is 14.7 Å². The molecule has 3 heterocycles. The van der Waals surface area contributed by atoms with Crippen molar-refractivity contribution >= 4 is 5.88 Å². The fourth-order valence-corrected chi connectivity index (χ4v) is 1.99. The van der Waals surface area contributed by atoms with Crippen LogP contribution in [0.4, 0.5) is 5.88 Å². The maximum Gasteiger partial charge on any atom is 0.250 e. The minimum Gasteiger partial charge on any atom is -0.367 e. The standard InChI is InChI=1S/C14H12N4O2/c1-18-7-4-10(8-11(18)19)13-12(14(15)20-17-13)9-2-5-16-6-3-9/h2-8H,15H2,1H3. The van der Waals surface area contributed by atoms with Gasteiger partial charge in [0.25, 0.3) is 5.56 Å². The lowest BCUT2D eigenvalue weighted by Crippen LogP contribution is -2.14. The summed E-state index contributed by atoms with van der Waals surface area (Å²) in [4.78, 5) is 15.7. The van der Waals surface area contributed by atoms with Crippen LogP contribution in [0.25, 0.3) is 22.4 Å². The molecule has 3 aromatic rings. The SMILES string of the molecule is Cn1ccc(-c2noc(N)c2-c2ccncc2)cc1=O. The van der Waals surface area contributed by atoms with Crippen LogP contribution in [0.15, 0.2) is 52.2 Å². The molecule has 6 heteroatoms. The van der Waals surface area contributed by atoms with E-state index >= 15 is 0 Å².